The smallest absolute Gasteiger partial charge is 0.226 e. The molecule has 0 aliphatic carbocycles. The summed E-state index contributed by atoms with van der Waals surface area (Å²) in [4.78, 5) is 7.06. The standard InChI is InChI=1S/C21H21FN2O/c1-15-5-2-3-6-19(15)20-7-4-12-24(20)13-18-14-25-21(23-18)16-8-10-17(22)11-9-16/h2-3,5-6,8-11,14,20H,4,7,12-13H2,1H3. The topological polar surface area (TPSA) is 29.3 Å². The number of aromatic nitrogens is 1. The highest BCUT2D eigenvalue weighted by molar-refractivity contribution is 5.52. The summed E-state index contributed by atoms with van der Waals surface area (Å²) >= 11 is 0. The maximum Gasteiger partial charge on any atom is 0.226 e. The lowest BCUT2D eigenvalue weighted by Gasteiger charge is -2.25. The number of halogens is 1. The van der Waals surface area contributed by atoms with Crippen molar-refractivity contribution in [1.29, 1.82) is 0 Å². The normalized spacial score (nSPS) is 17.9. The number of benzene rings is 2. The summed E-state index contributed by atoms with van der Waals surface area (Å²) in [6, 6.07) is 15.3. The van der Waals surface area contributed by atoms with Crippen molar-refractivity contribution in [2.45, 2.75) is 32.4 Å². The van der Waals surface area contributed by atoms with E-state index in [0.29, 0.717) is 11.9 Å². The molecule has 4 heteroatoms. The van der Waals surface area contributed by atoms with E-state index < -0.39 is 0 Å². The number of oxazole rings is 1. The van der Waals surface area contributed by atoms with E-state index in [-0.39, 0.29) is 5.82 Å². The molecule has 0 N–H and O–H groups in total. The van der Waals surface area contributed by atoms with Gasteiger partial charge in [0.2, 0.25) is 5.89 Å². The number of nitrogens with zero attached hydrogens (tertiary/aromatic N) is 2. The molecule has 1 aromatic heterocycles. The summed E-state index contributed by atoms with van der Waals surface area (Å²) in [6.45, 7) is 4.01. The molecule has 1 saturated heterocycles. The Morgan fingerprint density at radius 3 is 2.76 bits per heavy atom. The van der Waals surface area contributed by atoms with Gasteiger partial charge in [0.25, 0.3) is 0 Å². The quantitative estimate of drug-likeness (QED) is 0.662. The van der Waals surface area contributed by atoms with Crippen LogP contribution in [-0.4, -0.2) is 16.4 Å². The molecule has 0 radical (unpaired) electrons. The molecule has 0 bridgehead atoms. The molecule has 1 aliphatic heterocycles. The lowest BCUT2D eigenvalue weighted by Crippen LogP contribution is -2.23. The van der Waals surface area contributed by atoms with Crippen molar-refractivity contribution in [3.05, 3.63) is 77.4 Å². The predicted molar refractivity (Wildman–Crippen MR) is 95.5 cm³/mol. The Labute approximate surface area is 147 Å². The molecule has 2 aromatic carbocycles. The number of hydrogen-bond acceptors (Lipinski definition) is 3. The third-order valence-corrected chi connectivity index (χ3v) is 4.92. The third-order valence-electron chi connectivity index (χ3n) is 4.92. The molecule has 1 aliphatic rings. The van der Waals surface area contributed by atoms with Crippen molar-refractivity contribution in [3.8, 4) is 11.5 Å². The summed E-state index contributed by atoms with van der Waals surface area (Å²) in [6.07, 6.45) is 4.08. The van der Waals surface area contributed by atoms with Gasteiger partial charge in [-0.2, -0.15) is 0 Å². The molecule has 0 spiro atoms. The predicted octanol–water partition coefficient (Wildman–Crippen LogP) is 5.13. The highest BCUT2D eigenvalue weighted by Crippen LogP contribution is 2.34. The molecule has 3 aromatic rings. The van der Waals surface area contributed by atoms with E-state index in [0.717, 1.165) is 24.3 Å². The molecule has 2 heterocycles. The van der Waals surface area contributed by atoms with Crippen LogP contribution in [-0.2, 0) is 6.54 Å². The minimum Gasteiger partial charge on any atom is -0.444 e. The Morgan fingerprint density at radius 1 is 1.16 bits per heavy atom. The average molecular weight is 336 g/mol. The molecule has 1 fully saturated rings. The van der Waals surface area contributed by atoms with Crippen LogP contribution in [0.25, 0.3) is 11.5 Å². The molecule has 3 nitrogen and oxygen atoms in total. The first-order valence-corrected chi connectivity index (χ1v) is 8.70. The number of hydrogen-bond donors (Lipinski definition) is 0. The van der Waals surface area contributed by atoms with Gasteiger partial charge in [0.15, 0.2) is 0 Å². The van der Waals surface area contributed by atoms with Crippen molar-refractivity contribution in [1.82, 2.24) is 9.88 Å². The highest BCUT2D eigenvalue weighted by Gasteiger charge is 2.27. The lowest BCUT2D eigenvalue weighted by molar-refractivity contribution is 0.245. The van der Waals surface area contributed by atoms with E-state index in [1.165, 1.54) is 36.1 Å². The fourth-order valence-corrected chi connectivity index (χ4v) is 3.64. The molecule has 4 rings (SSSR count). The molecular formula is C21H21FN2O. The van der Waals surface area contributed by atoms with Crippen LogP contribution in [0.3, 0.4) is 0 Å². The monoisotopic (exact) mass is 336 g/mol. The van der Waals surface area contributed by atoms with E-state index >= 15 is 0 Å². The minimum absolute atomic E-state index is 0.256. The molecule has 0 amide bonds. The largest absolute Gasteiger partial charge is 0.444 e. The fourth-order valence-electron chi connectivity index (χ4n) is 3.64. The number of aryl methyl sites for hydroxylation is 1. The van der Waals surface area contributed by atoms with Gasteiger partial charge < -0.3 is 4.42 Å². The van der Waals surface area contributed by atoms with Gasteiger partial charge in [-0.25, -0.2) is 9.37 Å². The SMILES string of the molecule is Cc1ccccc1C1CCCN1Cc1coc(-c2ccc(F)cc2)n1. The maximum atomic E-state index is 13.1. The van der Waals surface area contributed by atoms with Crippen molar-refractivity contribution in [3.63, 3.8) is 0 Å². The van der Waals surface area contributed by atoms with Gasteiger partial charge in [-0.1, -0.05) is 24.3 Å². The van der Waals surface area contributed by atoms with Crippen LogP contribution in [0, 0.1) is 12.7 Å². The Balaban J connectivity index is 1.52. The van der Waals surface area contributed by atoms with Gasteiger partial charge in [-0.15, -0.1) is 0 Å². The van der Waals surface area contributed by atoms with E-state index in [2.05, 4.69) is 41.1 Å². The average Bonchev–Trinajstić information content (AvgIpc) is 3.26. The second kappa shape index (κ2) is 6.81. The molecular weight excluding hydrogens is 315 g/mol. The zero-order valence-corrected chi connectivity index (χ0v) is 14.3. The van der Waals surface area contributed by atoms with Gasteiger partial charge in [0.05, 0.1) is 5.69 Å². The first kappa shape index (κ1) is 16.0. The van der Waals surface area contributed by atoms with Gasteiger partial charge >= 0.3 is 0 Å². The molecule has 128 valence electrons. The van der Waals surface area contributed by atoms with Crippen LogP contribution in [0.4, 0.5) is 4.39 Å². The van der Waals surface area contributed by atoms with Gasteiger partial charge in [-0.3, -0.25) is 4.90 Å². The summed E-state index contributed by atoms with van der Waals surface area (Å²) in [5.74, 6) is 0.287. The minimum atomic E-state index is -0.256. The summed E-state index contributed by atoms with van der Waals surface area (Å²) in [5, 5.41) is 0. The zero-order valence-electron chi connectivity index (χ0n) is 14.3. The van der Waals surface area contributed by atoms with Crippen LogP contribution < -0.4 is 0 Å². The molecule has 25 heavy (non-hydrogen) atoms. The van der Waals surface area contributed by atoms with E-state index in [4.69, 9.17) is 4.42 Å². The van der Waals surface area contributed by atoms with E-state index in [9.17, 15) is 4.39 Å². The van der Waals surface area contributed by atoms with E-state index in [1.807, 2.05) is 0 Å². The zero-order chi connectivity index (χ0) is 17.2. The van der Waals surface area contributed by atoms with Crippen LogP contribution in [0.2, 0.25) is 0 Å². The van der Waals surface area contributed by atoms with Crippen LogP contribution >= 0.6 is 0 Å². The Morgan fingerprint density at radius 2 is 1.96 bits per heavy atom. The van der Waals surface area contributed by atoms with Crippen molar-refractivity contribution in [2.75, 3.05) is 6.54 Å². The molecule has 0 saturated carbocycles. The maximum absolute atomic E-state index is 13.1. The van der Waals surface area contributed by atoms with Crippen molar-refractivity contribution < 1.29 is 8.81 Å². The first-order valence-electron chi connectivity index (χ1n) is 8.70. The first-order chi connectivity index (χ1) is 12.2. The van der Waals surface area contributed by atoms with Gasteiger partial charge in [0, 0.05) is 18.2 Å². The Bertz CT molecular complexity index is 856. The van der Waals surface area contributed by atoms with E-state index in [1.54, 1.807) is 18.4 Å². The van der Waals surface area contributed by atoms with Crippen LogP contribution in [0.5, 0.6) is 0 Å². The van der Waals surface area contributed by atoms with Gasteiger partial charge in [-0.05, 0) is 61.7 Å². The Kier molecular flexibility index (Phi) is 4.36. The van der Waals surface area contributed by atoms with Crippen LogP contribution in [0.15, 0.2) is 59.2 Å². The van der Waals surface area contributed by atoms with Crippen LogP contribution in [0.1, 0.15) is 35.7 Å². The summed E-state index contributed by atoms with van der Waals surface area (Å²) in [5.41, 5.74) is 4.46. The summed E-state index contributed by atoms with van der Waals surface area (Å²) < 4.78 is 18.7. The fraction of sp³-hybridized carbons (Fsp3) is 0.286. The summed E-state index contributed by atoms with van der Waals surface area (Å²) in [7, 11) is 0. The number of likely N-dealkylation sites (tertiary alicyclic amines) is 1. The highest BCUT2D eigenvalue weighted by atomic mass is 19.1. The second-order valence-corrected chi connectivity index (χ2v) is 6.64. The van der Waals surface area contributed by atoms with Crippen molar-refractivity contribution in [2.24, 2.45) is 0 Å². The second-order valence-electron chi connectivity index (χ2n) is 6.64. The van der Waals surface area contributed by atoms with Crippen molar-refractivity contribution >= 4 is 0 Å². The number of rotatable bonds is 4. The lowest BCUT2D eigenvalue weighted by atomic mass is 9.99. The molecule has 1 unspecified atom stereocenters. The van der Waals surface area contributed by atoms with Gasteiger partial charge in [0.1, 0.15) is 12.1 Å². The third kappa shape index (κ3) is 3.35. The molecule has 1 atom stereocenters. The Hall–Kier alpha value is -2.46.